The highest BCUT2D eigenvalue weighted by Gasteiger charge is 2.14. The minimum atomic E-state index is 0.871. The van der Waals surface area contributed by atoms with Crippen LogP contribution >= 0.6 is 22.9 Å². The van der Waals surface area contributed by atoms with Gasteiger partial charge in [-0.25, -0.2) is 0 Å². The fraction of sp³-hybridized carbons (Fsp3) is 1.00. The molecule has 1 fully saturated rings. The van der Waals surface area contributed by atoms with Crippen LogP contribution in [0.3, 0.4) is 0 Å². The second kappa shape index (κ2) is 4.51. The molecule has 2 nitrogen and oxygen atoms in total. The van der Waals surface area contributed by atoms with Crippen molar-refractivity contribution >= 4 is 22.9 Å². The van der Waals surface area contributed by atoms with Crippen molar-refractivity contribution in [1.29, 1.82) is 0 Å². The van der Waals surface area contributed by atoms with Crippen LogP contribution in [0.2, 0.25) is 0 Å². The van der Waals surface area contributed by atoms with Crippen molar-refractivity contribution in [2.24, 2.45) is 5.92 Å². The van der Waals surface area contributed by atoms with Crippen LogP contribution < -0.4 is 0 Å². The van der Waals surface area contributed by atoms with Crippen molar-refractivity contribution in [3.8, 4) is 0 Å². The summed E-state index contributed by atoms with van der Waals surface area (Å²) in [7, 11) is 2.12. The van der Waals surface area contributed by atoms with Crippen molar-refractivity contribution < 1.29 is 4.74 Å². The molecular weight excluding hydrogens is 241 g/mol. The van der Waals surface area contributed by atoms with E-state index in [9.17, 15) is 0 Å². The molecule has 3 heteroatoms. The Bertz CT molecular complexity index is 91.6. The molecular formula is C7H14INO. The van der Waals surface area contributed by atoms with Crippen LogP contribution in [0.5, 0.6) is 0 Å². The Morgan fingerprint density at radius 3 is 2.60 bits per heavy atom. The van der Waals surface area contributed by atoms with Gasteiger partial charge in [0.2, 0.25) is 0 Å². The van der Waals surface area contributed by atoms with Crippen LogP contribution in [0.4, 0.5) is 0 Å². The highest BCUT2D eigenvalue weighted by molar-refractivity contribution is 14.1. The van der Waals surface area contributed by atoms with E-state index in [0.29, 0.717) is 0 Å². The summed E-state index contributed by atoms with van der Waals surface area (Å²) in [6.07, 6.45) is 2.49. The van der Waals surface area contributed by atoms with Gasteiger partial charge in [-0.1, -0.05) is 0 Å². The zero-order valence-electron chi connectivity index (χ0n) is 6.35. The normalized spacial score (nSPS) is 21.9. The van der Waals surface area contributed by atoms with E-state index in [0.717, 1.165) is 19.1 Å². The Balaban J connectivity index is 2.13. The molecule has 1 saturated heterocycles. The Morgan fingerprint density at radius 2 is 2.10 bits per heavy atom. The average Bonchev–Trinajstić information content (AvgIpc) is 1.88. The predicted octanol–water partition coefficient (Wildman–Crippen LogP) is 1.69. The lowest BCUT2D eigenvalue weighted by molar-refractivity contribution is 0.0635. The monoisotopic (exact) mass is 255 g/mol. The molecule has 0 bridgehead atoms. The fourth-order valence-corrected chi connectivity index (χ4v) is 1.84. The molecule has 0 amide bonds. The third-order valence-electron chi connectivity index (χ3n) is 1.85. The van der Waals surface area contributed by atoms with Gasteiger partial charge >= 0.3 is 0 Å². The summed E-state index contributed by atoms with van der Waals surface area (Å²) in [5, 5.41) is 0. The summed E-state index contributed by atoms with van der Waals surface area (Å²) in [5.41, 5.74) is 0. The van der Waals surface area contributed by atoms with Crippen LogP contribution in [0, 0.1) is 5.92 Å². The van der Waals surface area contributed by atoms with E-state index in [1.807, 2.05) is 0 Å². The highest BCUT2D eigenvalue weighted by atomic mass is 127. The number of halogens is 1. The van der Waals surface area contributed by atoms with Crippen LogP contribution in [0.1, 0.15) is 12.8 Å². The van der Waals surface area contributed by atoms with E-state index in [-0.39, 0.29) is 0 Å². The molecule has 1 heterocycles. The van der Waals surface area contributed by atoms with E-state index >= 15 is 0 Å². The first-order valence-corrected chi connectivity index (χ1v) is 4.70. The second-order valence-electron chi connectivity index (χ2n) is 2.84. The molecule has 10 heavy (non-hydrogen) atoms. The molecule has 0 saturated carbocycles. The molecule has 0 spiro atoms. The van der Waals surface area contributed by atoms with Gasteiger partial charge in [0, 0.05) is 42.6 Å². The Morgan fingerprint density at radius 1 is 1.50 bits per heavy atom. The van der Waals surface area contributed by atoms with E-state index in [2.05, 4.69) is 33.0 Å². The quantitative estimate of drug-likeness (QED) is 0.550. The number of nitrogens with zero attached hydrogens (tertiary/aromatic N) is 1. The second-order valence-corrected chi connectivity index (χ2v) is 4.49. The van der Waals surface area contributed by atoms with E-state index in [1.54, 1.807) is 0 Å². The molecule has 0 aliphatic carbocycles. The lowest BCUT2D eigenvalue weighted by Gasteiger charge is -2.23. The first kappa shape index (κ1) is 8.74. The first-order chi connectivity index (χ1) is 4.79. The van der Waals surface area contributed by atoms with Gasteiger partial charge in [-0.05, 0) is 25.8 Å². The maximum atomic E-state index is 5.26. The maximum absolute atomic E-state index is 5.26. The van der Waals surface area contributed by atoms with Gasteiger partial charge in [-0.15, -0.1) is 0 Å². The Labute approximate surface area is 76.4 Å². The summed E-state index contributed by atoms with van der Waals surface area (Å²) in [5.74, 6) is 0.871. The molecule has 1 rings (SSSR count). The molecule has 0 atom stereocenters. The first-order valence-electron chi connectivity index (χ1n) is 3.73. The third kappa shape index (κ3) is 3.16. The molecule has 0 aromatic heterocycles. The number of hydrogen-bond acceptors (Lipinski definition) is 2. The Hall–Kier alpha value is 0.650. The van der Waals surface area contributed by atoms with Crippen molar-refractivity contribution in [3.05, 3.63) is 0 Å². The van der Waals surface area contributed by atoms with E-state index < -0.39 is 0 Å². The van der Waals surface area contributed by atoms with Crippen molar-refractivity contribution in [2.45, 2.75) is 12.8 Å². The molecule has 0 aromatic carbocycles. The van der Waals surface area contributed by atoms with Crippen LogP contribution in [0.15, 0.2) is 0 Å². The summed E-state index contributed by atoms with van der Waals surface area (Å²) < 4.78 is 7.49. The van der Waals surface area contributed by atoms with Crippen molar-refractivity contribution in [3.63, 3.8) is 0 Å². The van der Waals surface area contributed by atoms with Gasteiger partial charge < -0.3 is 4.74 Å². The van der Waals surface area contributed by atoms with Crippen LogP contribution in [0.25, 0.3) is 0 Å². The lowest BCUT2D eigenvalue weighted by atomic mass is 10.0. The smallest absolute Gasteiger partial charge is 0.0469 e. The Kier molecular flexibility index (Phi) is 3.95. The van der Waals surface area contributed by atoms with Gasteiger partial charge in [0.25, 0.3) is 0 Å². The minimum absolute atomic E-state index is 0.871. The standard InChI is InChI=1S/C7H14INO/c1-9(8)6-7-2-4-10-5-3-7/h7H,2-6H2,1H3. The summed E-state index contributed by atoms with van der Waals surface area (Å²) >= 11 is 2.34. The molecule has 0 aromatic rings. The number of hydrogen-bond donors (Lipinski definition) is 0. The molecule has 0 unspecified atom stereocenters. The highest BCUT2D eigenvalue weighted by Crippen LogP contribution is 2.16. The summed E-state index contributed by atoms with van der Waals surface area (Å²) in [4.78, 5) is 0. The minimum Gasteiger partial charge on any atom is -0.381 e. The average molecular weight is 255 g/mol. The van der Waals surface area contributed by atoms with Gasteiger partial charge in [0.1, 0.15) is 0 Å². The third-order valence-corrected chi connectivity index (χ3v) is 2.24. The van der Waals surface area contributed by atoms with Crippen molar-refractivity contribution in [1.82, 2.24) is 3.11 Å². The number of ether oxygens (including phenoxy) is 1. The maximum Gasteiger partial charge on any atom is 0.0469 e. The zero-order chi connectivity index (χ0) is 7.40. The molecule has 60 valence electrons. The van der Waals surface area contributed by atoms with Crippen molar-refractivity contribution in [2.75, 3.05) is 26.8 Å². The van der Waals surface area contributed by atoms with E-state index in [4.69, 9.17) is 4.74 Å². The van der Waals surface area contributed by atoms with E-state index in [1.165, 1.54) is 19.4 Å². The fourth-order valence-electron chi connectivity index (χ4n) is 1.28. The zero-order valence-corrected chi connectivity index (χ0v) is 8.50. The van der Waals surface area contributed by atoms with Gasteiger partial charge in [0.15, 0.2) is 0 Å². The molecule has 1 aliphatic rings. The van der Waals surface area contributed by atoms with Gasteiger partial charge in [0.05, 0.1) is 0 Å². The predicted molar refractivity (Wildman–Crippen MR) is 50.2 cm³/mol. The van der Waals surface area contributed by atoms with Crippen LogP contribution in [-0.2, 0) is 4.74 Å². The van der Waals surface area contributed by atoms with Gasteiger partial charge in [-0.3, -0.25) is 3.11 Å². The lowest BCUT2D eigenvalue weighted by Crippen LogP contribution is -2.24. The van der Waals surface area contributed by atoms with Gasteiger partial charge in [-0.2, -0.15) is 0 Å². The molecule has 1 aliphatic heterocycles. The SMILES string of the molecule is CN(I)CC1CCOCC1. The largest absolute Gasteiger partial charge is 0.381 e. The molecule has 0 radical (unpaired) electrons. The molecule has 0 N–H and O–H groups in total. The number of rotatable bonds is 2. The summed E-state index contributed by atoms with van der Waals surface area (Å²) in [6, 6.07) is 0. The topological polar surface area (TPSA) is 12.5 Å². The van der Waals surface area contributed by atoms with Crippen LogP contribution in [-0.4, -0.2) is 29.9 Å². The summed E-state index contributed by atoms with van der Waals surface area (Å²) in [6.45, 7) is 3.15.